The molecule has 0 bridgehead atoms. The van der Waals surface area contributed by atoms with E-state index in [0.717, 1.165) is 27.9 Å². The molecule has 0 amide bonds. The molecule has 0 saturated carbocycles. The van der Waals surface area contributed by atoms with Crippen LogP contribution in [0.2, 0.25) is 0 Å². The zero-order valence-electron chi connectivity index (χ0n) is 13.8. The van der Waals surface area contributed by atoms with Gasteiger partial charge in [-0.25, -0.2) is 4.98 Å². The van der Waals surface area contributed by atoms with Gasteiger partial charge in [0.05, 0.1) is 10.6 Å². The van der Waals surface area contributed by atoms with Crippen LogP contribution in [0.15, 0.2) is 60.9 Å². The first-order valence-corrected chi connectivity index (χ1v) is 8.36. The van der Waals surface area contributed by atoms with Crippen LogP contribution in [0, 0.1) is 21.7 Å². The molecule has 2 aromatic heterocycles. The molecule has 6 nitrogen and oxygen atoms in total. The summed E-state index contributed by atoms with van der Waals surface area (Å²) in [6, 6.07) is 14.4. The van der Waals surface area contributed by atoms with E-state index in [9.17, 15) is 10.1 Å². The van der Waals surface area contributed by atoms with E-state index in [1.807, 2.05) is 41.8 Å². The minimum absolute atomic E-state index is 0.0569. The molecule has 2 aromatic carbocycles. The monoisotopic (exact) mass is 362 g/mol. The number of rotatable bonds is 3. The number of non-ortho nitro benzene ring substituents is 1. The Bertz CT molecular complexity index is 1190. The van der Waals surface area contributed by atoms with E-state index < -0.39 is 4.92 Å². The second-order valence-corrected chi connectivity index (χ2v) is 6.34. The molecule has 128 valence electrons. The fourth-order valence-corrected chi connectivity index (χ4v) is 3.23. The number of aromatic nitrogens is 3. The van der Waals surface area contributed by atoms with Crippen molar-refractivity contribution in [1.29, 1.82) is 0 Å². The molecule has 0 spiro atoms. The van der Waals surface area contributed by atoms with E-state index in [2.05, 4.69) is 9.97 Å². The van der Waals surface area contributed by atoms with Crippen molar-refractivity contribution in [3.8, 4) is 22.4 Å². The number of imidazole rings is 1. The number of aromatic amines is 1. The molecule has 0 fully saturated rings. The molecule has 0 unspecified atom stereocenters. The topological polar surface area (TPSA) is 76.2 Å². The minimum atomic E-state index is -0.416. The van der Waals surface area contributed by atoms with Crippen LogP contribution in [0.5, 0.6) is 0 Å². The van der Waals surface area contributed by atoms with Crippen LogP contribution in [-0.4, -0.2) is 19.3 Å². The van der Waals surface area contributed by atoms with Gasteiger partial charge in [-0.05, 0) is 30.2 Å². The maximum Gasteiger partial charge on any atom is 0.269 e. The normalized spacial score (nSPS) is 11.0. The zero-order valence-corrected chi connectivity index (χ0v) is 14.7. The fourth-order valence-electron chi connectivity index (χ4n) is 2.93. The van der Waals surface area contributed by atoms with Crippen LogP contribution >= 0.6 is 12.2 Å². The summed E-state index contributed by atoms with van der Waals surface area (Å²) in [5.74, 6) is 0.626. The number of fused-ring (bicyclic) bond motifs is 1. The van der Waals surface area contributed by atoms with Gasteiger partial charge in [0.15, 0.2) is 0 Å². The van der Waals surface area contributed by atoms with Crippen molar-refractivity contribution in [3.63, 3.8) is 0 Å². The van der Waals surface area contributed by atoms with Crippen molar-refractivity contribution in [2.75, 3.05) is 0 Å². The quantitative estimate of drug-likeness (QED) is 0.318. The molecule has 0 atom stereocenters. The molecule has 0 aliphatic carbocycles. The SMILES string of the molecule is Cc1ccccc1-c1cnc2[nH]c(-c3ccc([N+](=O)[O-])cc3)cn2c1=S. The summed E-state index contributed by atoms with van der Waals surface area (Å²) in [6.07, 6.45) is 3.64. The highest BCUT2D eigenvalue weighted by atomic mass is 32.1. The van der Waals surface area contributed by atoms with E-state index in [-0.39, 0.29) is 5.69 Å². The molecule has 0 saturated heterocycles. The van der Waals surface area contributed by atoms with Crippen LogP contribution in [0.1, 0.15) is 5.56 Å². The second-order valence-electron chi connectivity index (χ2n) is 5.96. The van der Waals surface area contributed by atoms with Gasteiger partial charge in [0.25, 0.3) is 5.69 Å². The molecular weight excluding hydrogens is 348 g/mol. The number of benzene rings is 2. The van der Waals surface area contributed by atoms with Crippen molar-refractivity contribution in [3.05, 3.63) is 81.2 Å². The lowest BCUT2D eigenvalue weighted by Crippen LogP contribution is -1.93. The van der Waals surface area contributed by atoms with Gasteiger partial charge < -0.3 is 4.98 Å². The molecule has 4 rings (SSSR count). The number of nitrogens with one attached hydrogen (secondary N) is 1. The van der Waals surface area contributed by atoms with E-state index in [1.54, 1.807) is 18.3 Å². The summed E-state index contributed by atoms with van der Waals surface area (Å²) in [5, 5.41) is 10.8. The van der Waals surface area contributed by atoms with Gasteiger partial charge in [-0.3, -0.25) is 14.5 Å². The summed E-state index contributed by atoms with van der Waals surface area (Å²) in [7, 11) is 0. The number of nitro benzene ring substituents is 1. The van der Waals surface area contributed by atoms with Gasteiger partial charge >= 0.3 is 0 Å². The number of hydrogen-bond donors (Lipinski definition) is 1. The van der Waals surface area contributed by atoms with Gasteiger partial charge in [-0.2, -0.15) is 0 Å². The maximum absolute atomic E-state index is 10.8. The Balaban J connectivity index is 1.83. The lowest BCUT2D eigenvalue weighted by Gasteiger charge is -2.06. The van der Waals surface area contributed by atoms with Crippen molar-refractivity contribution < 1.29 is 4.92 Å². The lowest BCUT2D eigenvalue weighted by atomic mass is 10.0. The smallest absolute Gasteiger partial charge is 0.269 e. The van der Waals surface area contributed by atoms with Gasteiger partial charge in [0.1, 0.15) is 4.64 Å². The van der Waals surface area contributed by atoms with E-state index in [4.69, 9.17) is 12.2 Å². The second kappa shape index (κ2) is 6.20. The predicted octanol–water partition coefficient (Wildman–Crippen LogP) is 4.94. The first-order chi connectivity index (χ1) is 12.5. The third-order valence-corrected chi connectivity index (χ3v) is 4.74. The first kappa shape index (κ1) is 16.2. The molecule has 2 heterocycles. The third-order valence-electron chi connectivity index (χ3n) is 4.32. The summed E-state index contributed by atoms with van der Waals surface area (Å²) in [5.41, 5.74) is 4.75. The Morgan fingerprint density at radius 2 is 1.85 bits per heavy atom. The molecule has 7 heteroatoms. The highest BCUT2D eigenvalue weighted by Gasteiger charge is 2.11. The highest BCUT2D eigenvalue weighted by Crippen LogP contribution is 2.26. The van der Waals surface area contributed by atoms with Crippen LogP contribution in [0.4, 0.5) is 5.69 Å². The van der Waals surface area contributed by atoms with Crippen LogP contribution in [0.25, 0.3) is 28.2 Å². The van der Waals surface area contributed by atoms with Gasteiger partial charge in [0.2, 0.25) is 5.78 Å². The average molecular weight is 362 g/mol. The Hall–Kier alpha value is -3.32. The number of nitrogens with zero attached hydrogens (tertiary/aromatic N) is 3. The number of hydrogen-bond acceptors (Lipinski definition) is 4. The molecule has 26 heavy (non-hydrogen) atoms. The summed E-state index contributed by atoms with van der Waals surface area (Å²) >= 11 is 5.67. The molecular formula is C19H14N4O2S. The van der Waals surface area contributed by atoms with E-state index in [0.29, 0.717) is 10.4 Å². The van der Waals surface area contributed by atoms with Crippen LogP contribution in [0.3, 0.4) is 0 Å². The zero-order chi connectivity index (χ0) is 18.3. The Kier molecular flexibility index (Phi) is 3.85. The highest BCUT2D eigenvalue weighted by molar-refractivity contribution is 7.71. The average Bonchev–Trinajstić information content (AvgIpc) is 3.08. The van der Waals surface area contributed by atoms with Gasteiger partial charge in [-0.15, -0.1) is 0 Å². The summed E-state index contributed by atoms with van der Waals surface area (Å²) in [4.78, 5) is 18.1. The van der Waals surface area contributed by atoms with Gasteiger partial charge in [0, 0.05) is 35.7 Å². The Labute approximate surface area is 153 Å². The number of H-pyrrole nitrogens is 1. The number of nitro groups is 1. The third kappa shape index (κ3) is 2.68. The minimum Gasteiger partial charge on any atom is -0.323 e. The predicted molar refractivity (Wildman–Crippen MR) is 103 cm³/mol. The first-order valence-electron chi connectivity index (χ1n) is 7.96. The van der Waals surface area contributed by atoms with E-state index in [1.165, 1.54) is 12.1 Å². The standard InChI is InChI=1S/C19H14N4O2S/c1-12-4-2-3-5-15(12)16-10-20-19-21-17(11-22(19)18(16)26)13-6-8-14(9-7-13)23(24)25/h2-11H,1H3,(H,20,21). The van der Waals surface area contributed by atoms with Crippen LogP contribution < -0.4 is 0 Å². The van der Waals surface area contributed by atoms with Crippen molar-refractivity contribution in [1.82, 2.24) is 14.4 Å². The Morgan fingerprint density at radius 1 is 1.12 bits per heavy atom. The van der Waals surface area contributed by atoms with Gasteiger partial charge in [-0.1, -0.05) is 36.5 Å². The molecule has 1 N–H and O–H groups in total. The largest absolute Gasteiger partial charge is 0.323 e. The molecule has 4 aromatic rings. The summed E-state index contributed by atoms with van der Waals surface area (Å²) in [6.45, 7) is 2.04. The fraction of sp³-hybridized carbons (Fsp3) is 0.0526. The molecule has 0 aliphatic rings. The molecule has 0 radical (unpaired) electrons. The van der Waals surface area contributed by atoms with E-state index >= 15 is 0 Å². The number of aryl methyl sites for hydroxylation is 1. The maximum atomic E-state index is 10.8. The Morgan fingerprint density at radius 3 is 2.54 bits per heavy atom. The lowest BCUT2D eigenvalue weighted by molar-refractivity contribution is -0.384. The summed E-state index contributed by atoms with van der Waals surface area (Å²) < 4.78 is 2.49. The molecule has 0 aliphatic heterocycles. The van der Waals surface area contributed by atoms with Crippen molar-refractivity contribution >= 4 is 23.7 Å². The van der Waals surface area contributed by atoms with Crippen LogP contribution in [-0.2, 0) is 0 Å². The van der Waals surface area contributed by atoms with Crippen molar-refractivity contribution in [2.45, 2.75) is 6.92 Å². The van der Waals surface area contributed by atoms with Crippen molar-refractivity contribution in [2.24, 2.45) is 0 Å².